The summed E-state index contributed by atoms with van der Waals surface area (Å²) in [5.41, 5.74) is 0.607. The van der Waals surface area contributed by atoms with Gasteiger partial charge in [-0.05, 0) is 47.7 Å². The number of carbonyl (C=O) groups excluding carboxylic acids is 4. The quantitative estimate of drug-likeness (QED) is 0.642. The molecule has 0 saturated carbocycles. The minimum atomic E-state index is -0.495. The topological polar surface area (TPSA) is 99.9 Å². The number of nitrogens with one attached hydrogen (secondary N) is 1. The van der Waals surface area contributed by atoms with Crippen LogP contribution in [0.3, 0.4) is 0 Å². The fourth-order valence-corrected chi connectivity index (χ4v) is 4.39. The monoisotopic (exact) mass is 457 g/mol. The maximum atomic E-state index is 13.0. The molecule has 2 saturated heterocycles. The number of thioether (sulfide) groups is 1. The Morgan fingerprint density at radius 1 is 1.22 bits per heavy atom. The van der Waals surface area contributed by atoms with Crippen molar-refractivity contribution in [1.29, 1.82) is 0 Å². The van der Waals surface area contributed by atoms with E-state index in [4.69, 9.17) is 4.42 Å². The van der Waals surface area contributed by atoms with Gasteiger partial charge < -0.3 is 14.6 Å². The third kappa shape index (κ3) is 4.91. The molecule has 32 heavy (non-hydrogen) atoms. The molecule has 0 spiro atoms. The summed E-state index contributed by atoms with van der Waals surface area (Å²) in [4.78, 5) is 52.2. The summed E-state index contributed by atoms with van der Waals surface area (Å²) < 4.78 is 18.3. The van der Waals surface area contributed by atoms with Gasteiger partial charge in [-0.25, -0.2) is 4.39 Å². The summed E-state index contributed by atoms with van der Waals surface area (Å²) in [7, 11) is 0. The number of carbonyl (C=O) groups is 4. The number of nitrogens with zero attached hydrogens (tertiary/aromatic N) is 2. The van der Waals surface area contributed by atoms with Crippen LogP contribution in [0.5, 0.6) is 0 Å². The molecule has 10 heteroatoms. The second kappa shape index (κ2) is 9.39. The van der Waals surface area contributed by atoms with Crippen LogP contribution >= 0.6 is 11.8 Å². The van der Waals surface area contributed by atoms with Gasteiger partial charge in [0.25, 0.3) is 11.1 Å². The van der Waals surface area contributed by atoms with Crippen molar-refractivity contribution in [1.82, 2.24) is 15.1 Å². The Hall–Kier alpha value is -3.40. The molecular weight excluding hydrogens is 437 g/mol. The lowest BCUT2D eigenvalue weighted by atomic mass is 10.1. The van der Waals surface area contributed by atoms with Crippen LogP contribution < -0.4 is 5.32 Å². The molecule has 3 heterocycles. The number of furan rings is 1. The van der Waals surface area contributed by atoms with E-state index in [0.29, 0.717) is 17.9 Å². The highest BCUT2D eigenvalue weighted by molar-refractivity contribution is 8.18. The highest BCUT2D eigenvalue weighted by Crippen LogP contribution is 2.32. The lowest BCUT2D eigenvalue weighted by Crippen LogP contribution is -2.40. The molecule has 1 aromatic heterocycles. The van der Waals surface area contributed by atoms with Gasteiger partial charge in [0.1, 0.15) is 11.6 Å². The van der Waals surface area contributed by atoms with Crippen molar-refractivity contribution >= 4 is 40.8 Å². The Labute approximate surface area is 187 Å². The Morgan fingerprint density at radius 2 is 2.00 bits per heavy atom. The molecule has 2 aromatic rings. The highest BCUT2D eigenvalue weighted by Gasteiger charge is 2.36. The first-order chi connectivity index (χ1) is 15.4. The lowest BCUT2D eigenvalue weighted by molar-refractivity contribution is -0.129. The van der Waals surface area contributed by atoms with Gasteiger partial charge in [0, 0.05) is 26.1 Å². The molecule has 2 fully saturated rings. The van der Waals surface area contributed by atoms with E-state index in [1.165, 1.54) is 36.6 Å². The summed E-state index contributed by atoms with van der Waals surface area (Å²) in [5, 5.41) is 2.27. The van der Waals surface area contributed by atoms with E-state index >= 15 is 0 Å². The van der Waals surface area contributed by atoms with Crippen LogP contribution in [0, 0.1) is 11.7 Å². The Balaban J connectivity index is 1.27. The molecule has 1 aromatic carbocycles. The van der Waals surface area contributed by atoms with Gasteiger partial charge in [-0.15, -0.1) is 0 Å². The van der Waals surface area contributed by atoms with Crippen LogP contribution in [-0.2, 0) is 20.9 Å². The molecule has 1 N–H and O–H groups in total. The molecule has 2 aliphatic rings. The van der Waals surface area contributed by atoms with Gasteiger partial charge in [-0.2, -0.15) is 0 Å². The zero-order chi connectivity index (χ0) is 22.7. The molecule has 2 aliphatic heterocycles. The van der Waals surface area contributed by atoms with E-state index in [9.17, 15) is 23.6 Å². The van der Waals surface area contributed by atoms with Crippen molar-refractivity contribution in [3.63, 3.8) is 0 Å². The SMILES string of the molecule is O=C(NCCN1C(=O)S/C(=C/c2ccc(F)cc2)C1=O)[C@H]1CC(=O)N(Cc2ccco2)C1. The molecule has 4 rings (SSSR count). The van der Waals surface area contributed by atoms with Gasteiger partial charge in [-0.3, -0.25) is 24.1 Å². The Kier molecular flexibility index (Phi) is 6.40. The molecule has 0 radical (unpaired) electrons. The van der Waals surface area contributed by atoms with Crippen LogP contribution in [0.4, 0.5) is 9.18 Å². The van der Waals surface area contributed by atoms with Gasteiger partial charge in [0.2, 0.25) is 11.8 Å². The van der Waals surface area contributed by atoms with Crippen molar-refractivity contribution in [2.24, 2.45) is 5.92 Å². The zero-order valence-electron chi connectivity index (χ0n) is 17.0. The number of benzene rings is 1. The lowest BCUT2D eigenvalue weighted by Gasteiger charge is -2.16. The maximum Gasteiger partial charge on any atom is 0.293 e. The fraction of sp³-hybridized carbons (Fsp3) is 0.273. The molecule has 0 aliphatic carbocycles. The van der Waals surface area contributed by atoms with Crippen molar-refractivity contribution in [2.75, 3.05) is 19.6 Å². The minimum Gasteiger partial charge on any atom is -0.467 e. The first kappa shape index (κ1) is 21.8. The van der Waals surface area contributed by atoms with Crippen LogP contribution in [0.15, 0.2) is 52.0 Å². The van der Waals surface area contributed by atoms with Crippen molar-refractivity contribution in [3.8, 4) is 0 Å². The zero-order valence-corrected chi connectivity index (χ0v) is 17.8. The van der Waals surface area contributed by atoms with Gasteiger partial charge in [-0.1, -0.05) is 12.1 Å². The molecule has 166 valence electrons. The highest BCUT2D eigenvalue weighted by atomic mass is 32.2. The average molecular weight is 457 g/mol. The summed E-state index contributed by atoms with van der Waals surface area (Å²) in [6, 6.07) is 9.08. The normalized spacial score (nSPS) is 20.0. The minimum absolute atomic E-state index is 0.0218. The number of rotatable bonds is 7. The standard InChI is InChI=1S/C22H20FN3O5S/c23-16-5-3-14(4-6-16)10-18-21(29)26(22(30)32-18)8-7-24-20(28)15-11-19(27)25(12-15)13-17-2-1-9-31-17/h1-6,9-10,15H,7-8,11-13H2,(H,24,28)/b18-10+/t15-/m0/s1. The van der Waals surface area contributed by atoms with Crippen LogP contribution in [0.2, 0.25) is 0 Å². The molecule has 0 unspecified atom stereocenters. The summed E-state index contributed by atoms with van der Waals surface area (Å²) in [5.74, 6) is -1.12. The van der Waals surface area contributed by atoms with Crippen LogP contribution in [0.25, 0.3) is 6.08 Å². The predicted molar refractivity (Wildman–Crippen MR) is 114 cm³/mol. The number of halogens is 1. The largest absolute Gasteiger partial charge is 0.467 e. The summed E-state index contributed by atoms with van der Waals surface area (Å²) >= 11 is 0.799. The predicted octanol–water partition coefficient (Wildman–Crippen LogP) is 2.62. The molecule has 0 bridgehead atoms. The van der Waals surface area contributed by atoms with Gasteiger partial charge in [0.05, 0.1) is 23.6 Å². The summed E-state index contributed by atoms with van der Waals surface area (Å²) in [6.07, 6.45) is 3.16. The summed E-state index contributed by atoms with van der Waals surface area (Å²) in [6.45, 7) is 0.706. The fourth-order valence-electron chi connectivity index (χ4n) is 3.53. The maximum absolute atomic E-state index is 13.0. The average Bonchev–Trinajstić information content (AvgIpc) is 3.47. The Morgan fingerprint density at radius 3 is 2.72 bits per heavy atom. The first-order valence-electron chi connectivity index (χ1n) is 9.99. The number of imide groups is 1. The van der Waals surface area contributed by atoms with E-state index in [1.54, 1.807) is 17.0 Å². The van der Waals surface area contributed by atoms with Crippen molar-refractivity contribution in [2.45, 2.75) is 13.0 Å². The van der Waals surface area contributed by atoms with Gasteiger partial charge >= 0.3 is 0 Å². The second-order valence-electron chi connectivity index (χ2n) is 7.43. The van der Waals surface area contributed by atoms with Crippen molar-refractivity contribution in [3.05, 3.63) is 64.7 Å². The number of amides is 4. The van der Waals surface area contributed by atoms with Gasteiger partial charge in [0.15, 0.2) is 0 Å². The van der Waals surface area contributed by atoms with E-state index in [1.807, 2.05) is 0 Å². The van der Waals surface area contributed by atoms with Crippen LogP contribution in [-0.4, -0.2) is 52.4 Å². The number of hydrogen-bond acceptors (Lipinski definition) is 6. The van der Waals surface area contributed by atoms with Crippen LogP contribution in [0.1, 0.15) is 17.7 Å². The smallest absolute Gasteiger partial charge is 0.293 e. The van der Waals surface area contributed by atoms with E-state index in [2.05, 4.69) is 5.32 Å². The first-order valence-corrected chi connectivity index (χ1v) is 10.8. The molecule has 1 atom stereocenters. The Bertz CT molecular complexity index is 1070. The second-order valence-corrected chi connectivity index (χ2v) is 8.42. The van der Waals surface area contributed by atoms with Crippen molar-refractivity contribution < 1.29 is 28.0 Å². The van der Waals surface area contributed by atoms with E-state index in [0.717, 1.165) is 16.7 Å². The molecule has 4 amide bonds. The van der Waals surface area contributed by atoms with E-state index < -0.39 is 17.1 Å². The number of hydrogen-bond donors (Lipinski definition) is 1. The molecule has 8 nitrogen and oxygen atoms in total. The molecular formula is C22H20FN3O5S. The van der Waals surface area contributed by atoms with E-state index in [-0.39, 0.29) is 48.6 Å². The number of likely N-dealkylation sites (tertiary alicyclic amines) is 1. The third-order valence-corrected chi connectivity index (χ3v) is 6.10. The third-order valence-electron chi connectivity index (χ3n) is 5.19.